The van der Waals surface area contributed by atoms with Gasteiger partial charge in [-0.1, -0.05) is 13.3 Å². The summed E-state index contributed by atoms with van der Waals surface area (Å²) in [5, 5.41) is 3.49. The fraction of sp³-hybridized carbons (Fsp3) is 0.500. The van der Waals surface area contributed by atoms with Crippen LogP contribution in [0.15, 0.2) is 18.6 Å². The highest BCUT2D eigenvalue weighted by atomic mass is 15.1. The SMILES string of the molecule is CC1CCCC1Nc1nc(N)cn2ccnc12. The highest BCUT2D eigenvalue weighted by Crippen LogP contribution is 2.28. The second-order valence-corrected chi connectivity index (χ2v) is 4.83. The van der Waals surface area contributed by atoms with Crippen LogP contribution in [-0.4, -0.2) is 20.4 Å². The number of fused-ring (bicyclic) bond motifs is 1. The first-order chi connectivity index (χ1) is 8.24. The van der Waals surface area contributed by atoms with Crippen molar-refractivity contribution in [3.63, 3.8) is 0 Å². The maximum Gasteiger partial charge on any atom is 0.180 e. The van der Waals surface area contributed by atoms with E-state index >= 15 is 0 Å². The largest absolute Gasteiger partial charge is 0.382 e. The van der Waals surface area contributed by atoms with Crippen molar-refractivity contribution in [2.24, 2.45) is 5.92 Å². The Kier molecular flexibility index (Phi) is 2.39. The summed E-state index contributed by atoms with van der Waals surface area (Å²) >= 11 is 0. The van der Waals surface area contributed by atoms with E-state index in [1.165, 1.54) is 19.3 Å². The molecular formula is C12H17N5. The molecule has 3 N–H and O–H groups in total. The first-order valence-electron chi connectivity index (χ1n) is 6.10. The van der Waals surface area contributed by atoms with E-state index < -0.39 is 0 Å². The van der Waals surface area contributed by atoms with Crippen LogP contribution >= 0.6 is 0 Å². The number of imidazole rings is 1. The van der Waals surface area contributed by atoms with Gasteiger partial charge in [-0.25, -0.2) is 9.97 Å². The average molecular weight is 231 g/mol. The van der Waals surface area contributed by atoms with Crippen LogP contribution in [0.4, 0.5) is 11.6 Å². The average Bonchev–Trinajstić information content (AvgIpc) is 2.88. The lowest BCUT2D eigenvalue weighted by Crippen LogP contribution is -2.23. The summed E-state index contributed by atoms with van der Waals surface area (Å²) in [6.07, 6.45) is 9.20. The van der Waals surface area contributed by atoms with Gasteiger partial charge >= 0.3 is 0 Å². The molecule has 0 aromatic carbocycles. The summed E-state index contributed by atoms with van der Waals surface area (Å²) in [4.78, 5) is 8.66. The molecule has 0 bridgehead atoms. The first kappa shape index (κ1) is 10.4. The molecule has 2 unspecified atom stereocenters. The summed E-state index contributed by atoms with van der Waals surface area (Å²) < 4.78 is 1.91. The van der Waals surface area contributed by atoms with E-state index in [0.717, 1.165) is 11.5 Å². The van der Waals surface area contributed by atoms with Crippen LogP contribution in [0.3, 0.4) is 0 Å². The van der Waals surface area contributed by atoms with Crippen LogP contribution in [0.5, 0.6) is 0 Å². The summed E-state index contributed by atoms with van der Waals surface area (Å²) in [5.41, 5.74) is 6.64. The Balaban J connectivity index is 1.96. The van der Waals surface area contributed by atoms with E-state index in [2.05, 4.69) is 22.2 Å². The molecule has 1 aliphatic carbocycles. The first-order valence-corrected chi connectivity index (χ1v) is 6.10. The van der Waals surface area contributed by atoms with Crippen molar-refractivity contribution in [2.45, 2.75) is 32.2 Å². The number of aromatic nitrogens is 3. The van der Waals surface area contributed by atoms with Crippen molar-refractivity contribution in [3.05, 3.63) is 18.6 Å². The molecule has 2 heterocycles. The quantitative estimate of drug-likeness (QED) is 0.828. The Morgan fingerprint density at radius 2 is 2.35 bits per heavy atom. The smallest absolute Gasteiger partial charge is 0.180 e. The van der Waals surface area contributed by atoms with Crippen molar-refractivity contribution < 1.29 is 0 Å². The Hall–Kier alpha value is -1.78. The Morgan fingerprint density at radius 1 is 1.47 bits per heavy atom. The zero-order valence-corrected chi connectivity index (χ0v) is 9.93. The van der Waals surface area contributed by atoms with Crippen molar-refractivity contribution in [1.82, 2.24) is 14.4 Å². The number of nitrogen functional groups attached to an aromatic ring is 1. The summed E-state index contributed by atoms with van der Waals surface area (Å²) in [5.74, 6) is 2.01. The van der Waals surface area contributed by atoms with Crippen LogP contribution in [0.25, 0.3) is 5.65 Å². The van der Waals surface area contributed by atoms with E-state index in [9.17, 15) is 0 Å². The number of nitrogens with two attached hydrogens (primary N) is 1. The van der Waals surface area contributed by atoms with Crippen molar-refractivity contribution in [2.75, 3.05) is 11.1 Å². The second kappa shape index (κ2) is 3.91. The molecule has 0 saturated heterocycles. The topological polar surface area (TPSA) is 68.2 Å². The minimum absolute atomic E-state index is 0.491. The number of nitrogens with one attached hydrogen (secondary N) is 1. The number of hydrogen-bond acceptors (Lipinski definition) is 4. The van der Waals surface area contributed by atoms with Crippen LogP contribution in [-0.2, 0) is 0 Å². The number of nitrogens with zero attached hydrogens (tertiary/aromatic N) is 3. The molecule has 1 saturated carbocycles. The van der Waals surface area contributed by atoms with Crippen molar-refractivity contribution >= 4 is 17.3 Å². The van der Waals surface area contributed by atoms with E-state index in [0.29, 0.717) is 17.8 Å². The Labute approximate surface area is 100 Å². The third-order valence-electron chi connectivity index (χ3n) is 3.58. The third kappa shape index (κ3) is 1.81. The van der Waals surface area contributed by atoms with E-state index in [1.54, 1.807) is 12.4 Å². The van der Waals surface area contributed by atoms with Gasteiger partial charge in [0.2, 0.25) is 0 Å². The summed E-state index contributed by atoms with van der Waals surface area (Å²) in [6.45, 7) is 2.28. The lowest BCUT2D eigenvalue weighted by atomic mass is 10.1. The third-order valence-corrected chi connectivity index (χ3v) is 3.58. The van der Waals surface area contributed by atoms with Gasteiger partial charge in [-0.15, -0.1) is 0 Å². The summed E-state index contributed by atoms with van der Waals surface area (Å²) in [6, 6.07) is 0.491. The van der Waals surface area contributed by atoms with Crippen LogP contribution in [0.1, 0.15) is 26.2 Å². The lowest BCUT2D eigenvalue weighted by molar-refractivity contribution is 0.555. The maximum atomic E-state index is 5.79. The van der Waals surface area contributed by atoms with E-state index in [4.69, 9.17) is 5.73 Å². The molecular weight excluding hydrogens is 214 g/mol. The normalized spacial score (nSPS) is 24.3. The minimum atomic E-state index is 0.491. The van der Waals surface area contributed by atoms with Crippen molar-refractivity contribution in [3.8, 4) is 0 Å². The number of anilines is 2. The Morgan fingerprint density at radius 3 is 3.12 bits per heavy atom. The van der Waals surface area contributed by atoms with E-state index in [1.807, 2.05) is 10.6 Å². The van der Waals surface area contributed by atoms with Crippen molar-refractivity contribution in [1.29, 1.82) is 0 Å². The molecule has 90 valence electrons. The molecule has 0 aliphatic heterocycles. The molecule has 2 aromatic rings. The van der Waals surface area contributed by atoms with Gasteiger partial charge in [-0.05, 0) is 18.8 Å². The highest BCUT2D eigenvalue weighted by Gasteiger charge is 2.24. The van der Waals surface area contributed by atoms with Crippen LogP contribution in [0, 0.1) is 5.92 Å². The molecule has 1 fully saturated rings. The molecule has 5 heteroatoms. The maximum absolute atomic E-state index is 5.79. The molecule has 3 rings (SSSR count). The highest BCUT2D eigenvalue weighted by molar-refractivity contribution is 5.65. The minimum Gasteiger partial charge on any atom is -0.382 e. The monoisotopic (exact) mass is 231 g/mol. The van der Waals surface area contributed by atoms with Gasteiger partial charge < -0.3 is 15.5 Å². The standard InChI is InChI=1S/C12H17N5/c1-8-3-2-4-9(8)15-11-12-14-5-6-17(12)7-10(13)16-11/h5-9H,2-4,13H2,1H3,(H,15,16). The lowest BCUT2D eigenvalue weighted by Gasteiger charge is -2.18. The van der Waals surface area contributed by atoms with Gasteiger partial charge in [-0.3, -0.25) is 0 Å². The zero-order chi connectivity index (χ0) is 11.8. The predicted molar refractivity (Wildman–Crippen MR) is 67.8 cm³/mol. The molecule has 0 spiro atoms. The molecule has 0 amide bonds. The fourth-order valence-electron chi connectivity index (χ4n) is 2.58. The summed E-state index contributed by atoms with van der Waals surface area (Å²) in [7, 11) is 0. The van der Waals surface area contributed by atoms with Crippen LogP contribution < -0.4 is 11.1 Å². The molecule has 17 heavy (non-hydrogen) atoms. The number of rotatable bonds is 2. The Bertz CT molecular complexity index is 533. The van der Waals surface area contributed by atoms with Gasteiger partial charge in [0, 0.05) is 18.4 Å². The van der Waals surface area contributed by atoms with Gasteiger partial charge in [0.1, 0.15) is 5.82 Å². The molecule has 5 nitrogen and oxygen atoms in total. The van der Waals surface area contributed by atoms with Crippen LogP contribution in [0.2, 0.25) is 0 Å². The van der Waals surface area contributed by atoms with Gasteiger partial charge in [-0.2, -0.15) is 0 Å². The molecule has 1 aliphatic rings. The van der Waals surface area contributed by atoms with E-state index in [-0.39, 0.29) is 0 Å². The van der Waals surface area contributed by atoms with Gasteiger partial charge in [0.25, 0.3) is 0 Å². The van der Waals surface area contributed by atoms with Gasteiger partial charge in [0.15, 0.2) is 11.5 Å². The molecule has 2 atom stereocenters. The predicted octanol–water partition coefficient (Wildman–Crippen LogP) is 1.91. The second-order valence-electron chi connectivity index (χ2n) is 4.83. The zero-order valence-electron chi connectivity index (χ0n) is 9.93. The molecule has 2 aromatic heterocycles. The fourth-order valence-corrected chi connectivity index (χ4v) is 2.58. The number of hydrogen-bond donors (Lipinski definition) is 2. The van der Waals surface area contributed by atoms with Gasteiger partial charge in [0.05, 0.1) is 6.20 Å². The molecule has 0 radical (unpaired) electrons.